The lowest BCUT2D eigenvalue weighted by molar-refractivity contribution is -0.139. The fraction of sp³-hybridized carbons (Fsp3) is 0.500. The van der Waals surface area contributed by atoms with E-state index < -0.39 is 23.6 Å². The van der Waals surface area contributed by atoms with Crippen LogP contribution in [0.5, 0.6) is 0 Å². The molecule has 1 unspecified atom stereocenters. The van der Waals surface area contributed by atoms with Gasteiger partial charge in [-0.25, -0.2) is 0 Å². The molecule has 2 atom stereocenters. The van der Waals surface area contributed by atoms with Crippen molar-refractivity contribution >= 4 is 5.97 Å². The Morgan fingerprint density at radius 2 is 1.81 bits per heavy atom. The molecule has 1 fully saturated rings. The summed E-state index contributed by atoms with van der Waals surface area (Å²) < 4.78 is 39.0. The van der Waals surface area contributed by atoms with E-state index in [1.807, 2.05) is 32.0 Å². The molecule has 32 heavy (non-hydrogen) atoms. The number of hydrogen-bond acceptors (Lipinski definition) is 2. The number of halogens is 3. The molecular weight excluding hydrogens is 415 g/mol. The number of carboxylic acids is 1. The molecule has 0 spiro atoms. The second-order valence-corrected chi connectivity index (χ2v) is 9.22. The molecule has 6 heteroatoms. The van der Waals surface area contributed by atoms with E-state index in [0.29, 0.717) is 12.0 Å². The van der Waals surface area contributed by atoms with Crippen molar-refractivity contribution in [3.63, 3.8) is 0 Å². The first-order valence-corrected chi connectivity index (χ1v) is 11.4. The average molecular weight is 448 g/mol. The quantitative estimate of drug-likeness (QED) is 0.508. The molecule has 1 heterocycles. The molecule has 3 rings (SSSR count). The van der Waals surface area contributed by atoms with Gasteiger partial charge in [0.1, 0.15) is 0 Å². The largest absolute Gasteiger partial charge is 0.481 e. The summed E-state index contributed by atoms with van der Waals surface area (Å²) in [6.07, 6.45) is -1.78. The maximum atomic E-state index is 13.0. The lowest BCUT2D eigenvalue weighted by Crippen LogP contribution is -2.34. The smallest absolute Gasteiger partial charge is 0.416 e. The number of likely N-dealkylation sites (N-methyl/N-ethyl adjacent to an activating group) is 1. The van der Waals surface area contributed by atoms with Gasteiger partial charge >= 0.3 is 12.1 Å². The Morgan fingerprint density at radius 1 is 1.12 bits per heavy atom. The number of carbonyl (C=O) groups is 1. The summed E-state index contributed by atoms with van der Waals surface area (Å²) in [5.41, 5.74) is 2.55. The van der Waals surface area contributed by atoms with Crippen molar-refractivity contribution in [2.45, 2.75) is 58.0 Å². The summed E-state index contributed by atoms with van der Waals surface area (Å²) in [6, 6.07) is 11.0. The first-order chi connectivity index (χ1) is 15.1. The molecular formula is C26H32F3NO2. The molecule has 0 aromatic heterocycles. The zero-order chi connectivity index (χ0) is 23.5. The Hall–Kier alpha value is -2.34. The number of aliphatic carboxylic acids is 1. The van der Waals surface area contributed by atoms with Gasteiger partial charge in [0.25, 0.3) is 0 Å². The summed E-state index contributed by atoms with van der Waals surface area (Å²) in [5.74, 6) is -1.02. The molecule has 1 aliphatic rings. The van der Waals surface area contributed by atoms with E-state index in [0.717, 1.165) is 61.3 Å². The third-order valence-corrected chi connectivity index (χ3v) is 6.35. The number of hydrogen-bond donors (Lipinski definition) is 1. The predicted molar refractivity (Wildman–Crippen MR) is 121 cm³/mol. The Balaban J connectivity index is 2.06. The zero-order valence-electron chi connectivity index (χ0n) is 19.0. The standard InChI is InChI=1S/C26H32F3NO2/c1-4-30-11-5-6-19(16-30)21-13-20(18-7-9-23(10-8-18)26(27,28)29)14-22(15-21)24(25(31)32)12-17(2)3/h7-10,13-15,17,19,24H,4-6,11-12,16H2,1-3H3,(H,31,32)/t19?,24-/m1/s1. The molecule has 1 saturated heterocycles. The topological polar surface area (TPSA) is 40.5 Å². The maximum Gasteiger partial charge on any atom is 0.416 e. The maximum absolute atomic E-state index is 13.0. The summed E-state index contributed by atoms with van der Waals surface area (Å²) in [6.45, 7) is 9.06. The van der Waals surface area contributed by atoms with Gasteiger partial charge in [0.2, 0.25) is 0 Å². The molecule has 1 N–H and O–H groups in total. The summed E-state index contributed by atoms with van der Waals surface area (Å²) in [4.78, 5) is 14.5. The molecule has 174 valence electrons. The van der Waals surface area contributed by atoms with Gasteiger partial charge in [-0.2, -0.15) is 13.2 Å². The number of likely N-dealkylation sites (tertiary alicyclic amines) is 1. The molecule has 0 radical (unpaired) electrons. The summed E-state index contributed by atoms with van der Waals surface area (Å²) in [5, 5.41) is 9.91. The van der Waals surface area contributed by atoms with Crippen LogP contribution in [0.4, 0.5) is 13.2 Å². The Bertz CT molecular complexity index is 922. The van der Waals surface area contributed by atoms with Gasteiger partial charge in [-0.1, -0.05) is 51.1 Å². The molecule has 2 aromatic rings. The van der Waals surface area contributed by atoms with Crippen molar-refractivity contribution in [1.29, 1.82) is 0 Å². The van der Waals surface area contributed by atoms with Crippen LogP contribution in [0.3, 0.4) is 0 Å². The Labute approximate surface area is 188 Å². The minimum absolute atomic E-state index is 0.208. The van der Waals surface area contributed by atoms with E-state index in [1.54, 1.807) is 0 Å². The SMILES string of the molecule is CCN1CCCC(c2cc(-c3ccc(C(F)(F)F)cc3)cc([C@@H](CC(C)C)C(=O)O)c2)C1. The van der Waals surface area contributed by atoms with Gasteiger partial charge in [0.05, 0.1) is 11.5 Å². The molecule has 2 aromatic carbocycles. The highest BCUT2D eigenvalue weighted by molar-refractivity contribution is 5.77. The highest BCUT2D eigenvalue weighted by Gasteiger charge is 2.30. The normalized spacial score (nSPS) is 18.7. The number of rotatable bonds is 7. The second kappa shape index (κ2) is 10.1. The van der Waals surface area contributed by atoms with Crippen LogP contribution in [0.15, 0.2) is 42.5 Å². The van der Waals surface area contributed by atoms with E-state index >= 15 is 0 Å². The van der Waals surface area contributed by atoms with Crippen molar-refractivity contribution in [3.8, 4) is 11.1 Å². The van der Waals surface area contributed by atoms with Gasteiger partial charge in [0, 0.05) is 6.54 Å². The third kappa shape index (κ3) is 5.91. The highest BCUT2D eigenvalue weighted by atomic mass is 19.4. The third-order valence-electron chi connectivity index (χ3n) is 6.35. The van der Waals surface area contributed by atoms with Crippen molar-refractivity contribution in [1.82, 2.24) is 4.90 Å². The zero-order valence-corrected chi connectivity index (χ0v) is 19.0. The van der Waals surface area contributed by atoms with Gasteiger partial charge in [-0.3, -0.25) is 4.79 Å². The molecule has 0 saturated carbocycles. The van der Waals surface area contributed by atoms with Crippen LogP contribution in [-0.4, -0.2) is 35.6 Å². The fourth-order valence-electron chi connectivity index (χ4n) is 4.60. The second-order valence-electron chi connectivity index (χ2n) is 9.22. The highest BCUT2D eigenvalue weighted by Crippen LogP contribution is 2.36. The minimum atomic E-state index is -4.39. The first kappa shape index (κ1) is 24.3. The number of nitrogens with zero attached hydrogens (tertiary/aromatic N) is 1. The molecule has 0 aliphatic carbocycles. The van der Waals surface area contributed by atoms with Crippen LogP contribution in [0.1, 0.15) is 68.6 Å². The summed E-state index contributed by atoms with van der Waals surface area (Å²) in [7, 11) is 0. The lowest BCUT2D eigenvalue weighted by atomic mass is 9.83. The van der Waals surface area contributed by atoms with Crippen LogP contribution in [0, 0.1) is 5.92 Å². The average Bonchev–Trinajstić information content (AvgIpc) is 2.76. The van der Waals surface area contributed by atoms with Crippen LogP contribution in [0.25, 0.3) is 11.1 Å². The number of alkyl halides is 3. The molecule has 3 nitrogen and oxygen atoms in total. The van der Waals surface area contributed by atoms with Crippen molar-refractivity contribution in [3.05, 3.63) is 59.2 Å². The van der Waals surface area contributed by atoms with Crippen molar-refractivity contribution in [2.24, 2.45) is 5.92 Å². The Kier molecular flexibility index (Phi) is 7.65. The van der Waals surface area contributed by atoms with E-state index in [2.05, 4.69) is 11.8 Å². The van der Waals surface area contributed by atoms with E-state index in [4.69, 9.17) is 0 Å². The minimum Gasteiger partial charge on any atom is -0.481 e. The summed E-state index contributed by atoms with van der Waals surface area (Å²) >= 11 is 0. The number of benzene rings is 2. The van der Waals surface area contributed by atoms with E-state index in [1.165, 1.54) is 12.1 Å². The van der Waals surface area contributed by atoms with Crippen LogP contribution >= 0.6 is 0 Å². The number of carboxylic acid groups (broad SMARTS) is 1. The van der Waals surface area contributed by atoms with Crippen LogP contribution in [-0.2, 0) is 11.0 Å². The molecule has 0 bridgehead atoms. The Morgan fingerprint density at radius 3 is 2.38 bits per heavy atom. The van der Waals surface area contributed by atoms with Crippen LogP contribution in [0.2, 0.25) is 0 Å². The predicted octanol–water partition coefficient (Wildman–Crippen LogP) is 6.79. The van der Waals surface area contributed by atoms with Gasteiger partial charge in [0.15, 0.2) is 0 Å². The van der Waals surface area contributed by atoms with E-state index in [-0.39, 0.29) is 11.8 Å². The first-order valence-electron chi connectivity index (χ1n) is 11.4. The lowest BCUT2D eigenvalue weighted by Gasteiger charge is -2.32. The molecule has 1 aliphatic heterocycles. The van der Waals surface area contributed by atoms with Gasteiger partial charge in [-0.15, -0.1) is 0 Å². The van der Waals surface area contributed by atoms with Gasteiger partial charge in [-0.05, 0) is 78.6 Å². The molecule has 0 amide bonds. The fourth-order valence-corrected chi connectivity index (χ4v) is 4.60. The van der Waals surface area contributed by atoms with E-state index in [9.17, 15) is 23.1 Å². The van der Waals surface area contributed by atoms with Gasteiger partial charge < -0.3 is 10.0 Å². The number of piperidine rings is 1. The van der Waals surface area contributed by atoms with Crippen LogP contribution < -0.4 is 0 Å². The van der Waals surface area contributed by atoms with Crippen molar-refractivity contribution < 1.29 is 23.1 Å². The van der Waals surface area contributed by atoms with Crippen molar-refractivity contribution in [2.75, 3.05) is 19.6 Å². The monoisotopic (exact) mass is 447 g/mol.